The number of hydrogen-bond donors (Lipinski definition) is 0. The van der Waals surface area contributed by atoms with Crippen molar-refractivity contribution >= 4 is 46.1 Å². The summed E-state index contributed by atoms with van der Waals surface area (Å²) in [5, 5.41) is 9.80. The molecule has 2 saturated heterocycles. The Balaban J connectivity index is 2.05. The Morgan fingerprint density at radius 1 is 1.11 bits per heavy atom. The fourth-order valence-corrected chi connectivity index (χ4v) is 6.27. The molecule has 1 aromatic heterocycles. The van der Waals surface area contributed by atoms with E-state index in [1.807, 2.05) is 19.9 Å². The molecule has 0 spiro atoms. The third-order valence-corrected chi connectivity index (χ3v) is 8.79. The Bertz CT molecular complexity index is 1110. The van der Waals surface area contributed by atoms with Gasteiger partial charge in [-0.2, -0.15) is 5.26 Å². The fraction of sp³-hybridized carbons (Fsp3) is 0.630. The van der Waals surface area contributed by atoms with E-state index >= 15 is 0 Å². The minimum atomic E-state index is -0.267. The standard InChI is InChI=1S/C27H39N5O2S2/c1-6-10-11-20(7-2)18-32-26(34)23(36-27(32)35)16-21-19(5)22(17-28)25(33)31(9-4)24(21)30-14-12-29(8-3)13-15-30/h16,20H,6-15,18H2,1-5H3/b23-16+. The first-order chi connectivity index (χ1) is 17.3. The lowest BCUT2D eigenvalue weighted by atomic mass is 9.99. The molecule has 0 radical (unpaired) electrons. The average Bonchev–Trinajstić information content (AvgIpc) is 3.15. The maximum Gasteiger partial charge on any atom is 0.270 e. The third kappa shape index (κ3) is 5.87. The van der Waals surface area contributed by atoms with Crippen molar-refractivity contribution in [3.8, 4) is 6.07 Å². The summed E-state index contributed by atoms with van der Waals surface area (Å²) in [6, 6.07) is 2.11. The van der Waals surface area contributed by atoms with Gasteiger partial charge in [-0.25, -0.2) is 0 Å². The van der Waals surface area contributed by atoms with Gasteiger partial charge < -0.3 is 9.80 Å². The molecule has 2 aliphatic rings. The van der Waals surface area contributed by atoms with Gasteiger partial charge in [-0.1, -0.05) is 64.0 Å². The van der Waals surface area contributed by atoms with Crippen LogP contribution < -0.4 is 10.5 Å². The van der Waals surface area contributed by atoms with Crippen LogP contribution in [0.1, 0.15) is 70.1 Å². The van der Waals surface area contributed by atoms with Crippen LogP contribution in [-0.2, 0) is 11.3 Å². The van der Waals surface area contributed by atoms with E-state index in [-0.39, 0.29) is 17.0 Å². The van der Waals surface area contributed by atoms with Gasteiger partial charge in [0, 0.05) is 44.8 Å². The van der Waals surface area contributed by atoms with Crippen molar-refractivity contribution < 1.29 is 4.79 Å². The highest BCUT2D eigenvalue weighted by Gasteiger charge is 2.34. The minimum absolute atomic E-state index is 0.0751. The number of anilines is 1. The molecule has 1 unspecified atom stereocenters. The molecule has 196 valence electrons. The molecule has 0 aliphatic carbocycles. The highest BCUT2D eigenvalue weighted by atomic mass is 32.2. The molecule has 9 heteroatoms. The summed E-state index contributed by atoms with van der Waals surface area (Å²) in [6.07, 6.45) is 6.25. The van der Waals surface area contributed by atoms with Crippen LogP contribution in [0.25, 0.3) is 6.08 Å². The van der Waals surface area contributed by atoms with Gasteiger partial charge in [0.05, 0.1) is 4.91 Å². The highest BCUT2D eigenvalue weighted by Crippen LogP contribution is 2.37. The first-order valence-electron chi connectivity index (χ1n) is 13.2. The molecule has 0 N–H and O–H groups in total. The Morgan fingerprint density at radius 2 is 1.81 bits per heavy atom. The normalized spacial score (nSPS) is 18.8. The molecular weight excluding hydrogens is 490 g/mol. The molecule has 7 nitrogen and oxygen atoms in total. The van der Waals surface area contributed by atoms with Crippen LogP contribution in [-0.4, -0.2) is 63.9 Å². The lowest BCUT2D eigenvalue weighted by molar-refractivity contribution is -0.122. The van der Waals surface area contributed by atoms with Gasteiger partial charge in [0.2, 0.25) is 0 Å². The van der Waals surface area contributed by atoms with Gasteiger partial charge in [0.15, 0.2) is 0 Å². The van der Waals surface area contributed by atoms with E-state index in [1.165, 1.54) is 11.8 Å². The lowest BCUT2D eigenvalue weighted by Crippen LogP contribution is -2.48. The number of rotatable bonds is 10. The van der Waals surface area contributed by atoms with Crippen molar-refractivity contribution in [2.45, 2.75) is 66.8 Å². The number of aromatic nitrogens is 1. The Labute approximate surface area is 225 Å². The second-order valence-electron chi connectivity index (χ2n) is 9.53. The molecule has 3 heterocycles. The van der Waals surface area contributed by atoms with Crippen molar-refractivity contribution in [3.63, 3.8) is 0 Å². The second kappa shape index (κ2) is 12.9. The summed E-state index contributed by atoms with van der Waals surface area (Å²) < 4.78 is 2.28. The van der Waals surface area contributed by atoms with Crippen molar-refractivity contribution in [3.05, 3.63) is 31.9 Å². The molecule has 1 aromatic rings. The molecule has 1 amide bonds. The van der Waals surface area contributed by atoms with E-state index in [1.54, 1.807) is 9.47 Å². The number of carbonyl (C=O) groups excluding carboxylic acids is 1. The van der Waals surface area contributed by atoms with Crippen LogP contribution in [0.15, 0.2) is 9.70 Å². The number of hydrogen-bond acceptors (Lipinski definition) is 7. The molecule has 3 rings (SSSR count). The number of carbonyl (C=O) groups is 1. The summed E-state index contributed by atoms with van der Waals surface area (Å²) in [7, 11) is 0. The smallest absolute Gasteiger partial charge is 0.270 e. The predicted molar refractivity (Wildman–Crippen MR) is 153 cm³/mol. The number of likely N-dealkylation sites (N-methyl/N-ethyl adjacent to an activating group) is 1. The molecule has 1 atom stereocenters. The molecular formula is C27H39N5O2S2. The molecule has 2 aliphatic heterocycles. The zero-order valence-corrected chi connectivity index (χ0v) is 23.9. The van der Waals surface area contributed by atoms with Gasteiger partial charge in [-0.3, -0.25) is 19.1 Å². The van der Waals surface area contributed by atoms with Crippen LogP contribution in [0, 0.1) is 24.2 Å². The largest absolute Gasteiger partial charge is 0.355 e. The Kier molecular flexibility index (Phi) is 10.2. The van der Waals surface area contributed by atoms with Crippen LogP contribution in [0.5, 0.6) is 0 Å². The summed E-state index contributed by atoms with van der Waals surface area (Å²) in [5.41, 5.74) is 1.27. The van der Waals surface area contributed by atoms with E-state index < -0.39 is 0 Å². The number of thiocarbonyl (C=S) groups is 1. The number of unbranched alkanes of at least 4 members (excludes halogenated alkanes) is 1. The molecule has 0 bridgehead atoms. The third-order valence-electron chi connectivity index (χ3n) is 7.41. The van der Waals surface area contributed by atoms with Crippen molar-refractivity contribution in [2.75, 3.05) is 44.2 Å². The maximum atomic E-state index is 13.5. The van der Waals surface area contributed by atoms with Crippen LogP contribution in [0.2, 0.25) is 0 Å². The van der Waals surface area contributed by atoms with Gasteiger partial charge in [0.25, 0.3) is 11.5 Å². The minimum Gasteiger partial charge on any atom is -0.355 e. The summed E-state index contributed by atoms with van der Waals surface area (Å²) >= 11 is 6.95. The number of piperazine rings is 1. The number of thioether (sulfide) groups is 1. The van der Waals surface area contributed by atoms with E-state index in [9.17, 15) is 14.9 Å². The number of pyridine rings is 1. The highest BCUT2D eigenvalue weighted by molar-refractivity contribution is 8.26. The average molecular weight is 530 g/mol. The molecule has 2 fully saturated rings. The summed E-state index contributed by atoms with van der Waals surface area (Å²) in [4.78, 5) is 33.6. The van der Waals surface area contributed by atoms with Crippen LogP contribution >= 0.6 is 24.0 Å². The second-order valence-corrected chi connectivity index (χ2v) is 11.2. The van der Waals surface area contributed by atoms with E-state index in [0.717, 1.165) is 69.8 Å². The first kappa shape index (κ1) is 28.4. The SMILES string of the molecule is CCCCC(CC)CN1C(=O)/C(=C\c2c(C)c(C#N)c(=O)n(CC)c2N2CCN(CC)CC2)SC1=S. The first-order valence-corrected chi connectivity index (χ1v) is 14.4. The number of nitriles is 1. The van der Waals surface area contributed by atoms with Crippen LogP contribution in [0.3, 0.4) is 0 Å². The molecule has 36 heavy (non-hydrogen) atoms. The number of nitrogens with zero attached hydrogens (tertiary/aromatic N) is 5. The van der Waals surface area contributed by atoms with E-state index in [0.29, 0.717) is 33.8 Å². The Hall–Kier alpha value is -2.15. The van der Waals surface area contributed by atoms with Gasteiger partial charge in [-0.05, 0) is 44.4 Å². The summed E-state index contributed by atoms with van der Waals surface area (Å²) in [6.45, 7) is 15.7. The van der Waals surface area contributed by atoms with Crippen LogP contribution in [0.4, 0.5) is 5.82 Å². The predicted octanol–water partition coefficient (Wildman–Crippen LogP) is 4.61. The van der Waals surface area contributed by atoms with Crippen molar-refractivity contribution in [1.82, 2.24) is 14.4 Å². The fourth-order valence-electron chi connectivity index (χ4n) is 5.02. The van der Waals surface area contributed by atoms with Gasteiger partial charge in [-0.15, -0.1) is 0 Å². The molecule has 0 saturated carbocycles. The van der Waals surface area contributed by atoms with Crippen molar-refractivity contribution in [2.24, 2.45) is 5.92 Å². The Morgan fingerprint density at radius 3 is 2.36 bits per heavy atom. The zero-order chi connectivity index (χ0) is 26.4. The zero-order valence-electron chi connectivity index (χ0n) is 22.3. The van der Waals surface area contributed by atoms with Gasteiger partial charge in [0.1, 0.15) is 21.8 Å². The maximum absolute atomic E-state index is 13.5. The number of amides is 1. The molecule has 0 aromatic carbocycles. The monoisotopic (exact) mass is 529 g/mol. The topological polar surface area (TPSA) is 72.6 Å². The summed E-state index contributed by atoms with van der Waals surface area (Å²) in [5.74, 6) is 1.15. The van der Waals surface area contributed by atoms with Crippen molar-refractivity contribution in [1.29, 1.82) is 5.26 Å². The lowest BCUT2D eigenvalue weighted by Gasteiger charge is -2.37. The quantitative estimate of drug-likeness (QED) is 0.324. The van der Waals surface area contributed by atoms with Gasteiger partial charge >= 0.3 is 0 Å². The van der Waals surface area contributed by atoms with E-state index in [2.05, 4.69) is 36.6 Å². The van der Waals surface area contributed by atoms with E-state index in [4.69, 9.17) is 12.2 Å².